The predicted molar refractivity (Wildman–Crippen MR) is 106 cm³/mol. The van der Waals surface area contributed by atoms with Crippen LogP contribution in [-0.2, 0) is 0 Å². The molecule has 3 aromatic carbocycles. The molecule has 6 nitrogen and oxygen atoms in total. The number of nitrogens with one attached hydrogen (secondary N) is 1. The highest BCUT2D eigenvalue weighted by Crippen LogP contribution is 2.30. The number of primary amides is 1. The van der Waals surface area contributed by atoms with Crippen LogP contribution in [0.25, 0.3) is 22.2 Å². The van der Waals surface area contributed by atoms with Gasteiger partial charge in [-0.3, -0.25) is 0 Å². The maximum atomic E-state index is 12.2. The van der Waals surface area contributed by atoms with Gasteiger partial charge in [0.15, 0.2) is 0 Å². The zero-order valence-electron chi connectivity index (χ0n) is 14.7. The van der Waals surface area contributed by atoms with Crippen LogP contribution >= 0.6 is 0 Å². The maximum absolute atomic E-state index is 12.2. The molecule has 0 aliphatic rings. The maximum Gasteiger partial charge on any atom is 0.326 e. The smallest absolute Gasteiger partial charge is 0.326 e. The van der Waals surface area contributed by atoms with Crippen molar-refractivity contribution in [2.75, 3.05) is 12.0 Å². The molecule has 0 fully saturated rings. The Morgan fingerprint density at radius 1 is 1.00 bits per heavy atom. The van der Waals surface area contributed by atoms with Gasteiger partial charge in [0, 0.05) is 0 Å². The first-order chi connectivity index (χ1) is 13.2. The van der Waals surface area contributed by atoms with Crippen LogP contribution in [-0.4, -0.2) is 23.1 Å². The Hall–Kier alpha value is -3.80. The van der Waals surface area contributed by atoms with Gasteiger partial charge in [0.2, 0.25) is 5.95 Å². The van der Waals surface area contributed by atoms with Crippen LogP contribution in [0.1, 0.15) is 0 Å². The summed E-state index contributed by atoms with van der Waals surface area (Å²) in [6.07, 6.45) is 0. The highest BCUT2D eigenvalue weighted by molar-refractivity contribution is 5.98. The highest BCUT2D eigenvalue weighted by Gasteiger charge is 2.19. The minimum Gasteiger partial charge on any atom is -0.497 e. The normalized spacial score (nSPS) is 10.7. The Morgan fingerprint density at radius 2 is 1.78 bits per heavy atom. The molecule has 1 heterocycles. The zero-order valence-corrected chi connectivity index (χ0v) is 14.7. The molecule has 0 unspecified atom stereocenters. The van der Waals surface area contributed by atoms with Gasteiger partial charge >= 0.3 is 6.03 Å². The van der Waals surface area contributed by atoms with Gasteiger partial charge in [-0.15, -0.1) is 0 Å². The molecule has 3 N–H and O–H groups in total. The van der Waals surface area contributed by atoms with Crippen LogP contribution in [0, 0.1) is 0 Å². The van der Waals surface area contributed by atoms with E-state index in [1.165, 1.54) is 4.90 Å². The Bertz CT molecular complexity index is 1070. The summed E-state index contributed by atoms with van der Waals surface area (Å²) < 4.78 is 5.20. The van der Waals surface area contributed by atoms with Crippen molar-refractivity contribution < 1.29 is 9.53 Å². The largest absolute Gasteiger partial charge is 0.497 e. The van der Waals surface area contributed by atoms with E-state index in [0.29, 0.717) is 11.6 Å². The van der Waals surface area contributed by atoms with Crippen LogP contribution in [0.5, 0.6) is 5.75 Å². The van der Waals surface area contributed by atoms with Crippen molar-refractivity contribution in [2.45, 2.75) is 0 Å². The average molecular weight is 358 g/mol. The molecule has 1 aromatic heterocycles. The molecular weight excluding hydrogens is 340 g/mol. The van der Waals surface area contributed by atoms with Crippen molar-refractivity contribution in [1.29, 1.82) is 0 Å². The number of anilines is 2. The number of carbonyl (C=O) groups excluding carboxylic acids is 1. The number of imidazole rings is 1. The van der Waals surface area contributed by atoms with Crippen LogP contribution < -0.4 is 15.4 Å². The summed E-state index contributed by atoms with van der Waals surface area (Å²) in [6.45, 7) is 0. The van der Waals surface area contributed by atoms with Gasteiger partial charge in [0.05, 0.1) is 23.8 Å². The molecule has 0 atom stereocenters. The Balaban J connectivity index is 1.76. The number of benzene rings is 3. The summed E-state index contributed by atoms with van der Waals surface area (Å²) in [5.41, 5.74) is 9.86. The van der Waals surface area contributed by atoms with E-state index in [9.17, 15) is 4.79 Å². The summed E-state index contributed by atoms with van der Waals surface area (Å²) in [6, 6.07) is 22.3. The quantitative estimate of drug-likeness (QED) is 0.565. The summed E-state index contributed by atoms with van der Waals surface area (Å²) >= 11 is 0. The van der Waals surface area contributed by atoms with E-state index in [-0.39, 0.29) is 0 Å². The molecule has 0 saturated heterocycles. The van der Waals surface area contributed by atoms with E-state index in [2.05, 4.69) is 9.97 Å². The van der Waals surface area contributed by atoms with E-state index in [4.69, 9.17) is 10.5 Å². The lowest BCUT2D eigenvalue weighted by Crippen LogP contribution is -2.32. The van der Waals surface area contributed by atoms with Gasteiger partial charge in [0.25, 0.3) is 0 Å². The summed E-state index contributed by atoms with van der Waals surface area (Å²) in [5.74, 6) is 1.17. The number of ether oxygens (including phenoxy) is 1. The number of urea groups is 1. The molecule has 0 bridgehead atoms. The minimum atomic E-state index is -0.610. The number of nitrogens with zero attached hydrogens (tertiary/aromatic N) is 2. The van der Waals surface area contributed by atoms with E-state index in [1.807, 2.05) is 72.8 Å². The summed E-state index contributed by atoms with van der Waals surface area (Å²) in [7, 11) is 1.63. The number of fused-ring (bicyclic) bond motifs is 1. The number of hydrogen-bond donors (Lipinski definition) is 2. The van der Waals surface area contributed by atoms with E-state index in [0.717, 1.165) is 27.9 Å². The first-order valence-corrected chi connectivity index (χ1v) is 8.44. The van der Waals surface area contributed by atoms with Gasteiger partial charge in [0.1, 0.15) is 5.75 Å². The molecule has 6 heteroatoms. The Morgan fingerprint density at radius 3 is 2.48 bits per heavy atom. The van der Waals surface area contributed by atoms with Crippen molar-refractivity contribution in [3.05, 3.63) is 72.8 Å². The van der Waals surface area contributed by atoms with Gasteiger partial charge in [-0.2, -0.15) is 0 Å². The third-order valence-corrected chi connectivity index (χ3v) is 4.34. The highest BCUT2D eigenvalue weighted by atomic mass is 16.5. The second-order valence-corrected chi connectivity index (χ2v) is 6.03. The second-order valence-electron chi connectivity index (χ2n) is 6.03. The molecule has 27 heavy (non-hydrogen) atoms. The number of hydrogen-bond acceptors (Lipinski definition) is 3. The summed E-state index contributed by atoms with van der Waals surface area (Å²) in [5, 5.41) is 0. The van der Waals surface area contributed by atoms with Gasteiger partial charge in [-0.1, -0.05) is 36.4 Å². The van der Waals surface area contributed by atoms with E-state index in [1.54, 1.807) is 7.11 Å². The van der Waals surface area contributed by atoms with Gasteiger partial charge < -0.3 is 15.5 Å². The first-order valence-electron chi connectivity index (χ1n) is 8.44. The molecule has 2 amide bonds. The first kappa shape index (κ1) is 16.7. The number of methoxy groups -OCH3 is 1. The minimum absolute atomic E-state index is 0.385. The molecule has 134 valence electrons. The average Bonchev–Trinajstić information content (AvgIpc) is 3.11. The fourth-order valence-corrected chi connectivity index (χ4v) is 3.01. The Labute approximate surface area is 156 Å². The lowest BCUT2D eigenvalue weighted by Gasteiger charge is -2.18. The molecular formula is C21H18N4O2. The number of nitrogens with two attached hydrogens (primary N) is 1. The Kier molecular flexibility index (Phi) is 4.22. The molecule has 4 aromatic rings. The van der Waals surface area contributed by atoms with E-state index < -0.39 is 6.03 Å². The predicted octanol–water partition coefficient (Wildman–Crippen LogP) is 4.46. The fourth-order valence-electron chi connectivity index (χ4n) is 3.01. The number of para-hydroxylation sites is 2. The number of aromatic amines is 1. The molecule has 0 aliphatic carbocycles. The van der Waals surface area contributed by atoms with Crippen LogP contribution in [0.3, 0.4) is 0 Å². The standard InChI is InChI=1S/C21H18N4O2/c1-27-17-11-9-14(10-12-17)15-5-4-6-16(13-15)25(20(22)26)21-23-18-7-2-3-8-19(18)24-21/h2-13H,1H3,(H2,22,26)(H,23,24). The monoisotopic (exact) mass is 358 g/mol. The van der Waals surface area contributed by atoms with Crippen molar-refractivity contribution in [3.63, 3.8) is 0 Å². The van der Waals surface area contributed by atoms with Gasteiger partial charge in [-0.25, -0.2) is 14.7 Å². The lowest BCUT2D eigenvalue weighted by molar-refractivity contribution is 0.256. The number of amides is 2. The number of aromatic nitrogens is 2. The topological polar surface area (TPSA) is 84.2 Å². The molecule has 4 rings (SSSR count). The third kappa shape index (κ3) is 3.20. The second kappa shape index (κ2) is 6.84. The molecule has 0 aliphatic heterocycles. The number of H-pyrrole nitrogens is 1. The van der Waals surface area contributed by atoms with Crippen molar-refractivity contribution in [1.82, 2.24) is 9.97 Å². The zero-order chi connectivity index (χ0) is 18.8. The van der Waals surface area contributed by atoms with Gasteiger partial charge in [-0.05, 0) is 47.5 Å². The van der Waals surface area contributed by atoms with Crippen molar-refractivity contribution in [2.24, 2.45) is 5.73 Å². The molecule has 0 radical (unpaired) electrons. The molecule has 0 saturated carbocycles. The van der Waals surface area contributed by atoms with E-state index >= 15 is 0 Å². The lowest BCUT2D eigenvalue weighted by atomic mass is 10.0. The number of carbonyl (C=O) groups is 1. The molecule has 0 spiro atoms. The fraction of sp³-hybridized carbons (Fsp3) is 0.0476. The number of rotatable bonds is 4. The van der Waals surface area contributed by atoms with Crippen LogP contribution in [0.15, 0.2) is 72.8 Å². The van der Waals surface area contributed by atoms with Crippen molar-refractivity contribution in [3.8, 4) is 16.9 Å². The van der Waals surface area contributed by atoms with Crippen LogP contribution in [0.2, 0.25) is 0 Å². The summed E-state index contributed by atoms with van der Waals surface area (Å²) in [4.78, 5) is 21.2. The van der Waals surface area contributed by atoms with Crippen LogP contribution in [0.4, 0.5) is 16.4 Å². The SMILES string of the molecule is COc1ccc(-c2cccc(N(C(N)=O)c3nc4ccccc4[nH]3)c2)cc1. The van der Waals surface area contributed by atoms with Crippen molar-refractivity contribution >= 4 is 28.7 Å². The third-order valence-electron chi connectivity index (χ3n) is 4.34.